The molecule has 170 valence electrons. The Bertz CT molecular complexity index is 1190. The van der Waals surface area contributed by atoms with Crippen molar-refractivity contribution in [2.24, 2.45) is 5.92 Å². The Balaban J connectivity index is 1.36. The van der Waals surface area contributed by atoms with Crippen LogP contribution in [0, 0.1) is 12.8 Å². The predicted octanol–water partition coefficient (Wildman–Crippen LogP) is 3.52. The standard InChI is InChI=1S/C21H23ClN4O4S2/c1-14-24-20(25-30-14)17-11-19(31-13-17)32(28,29)26-10-2-3-16(12-26)21(27)23-9-8-15-4-6-18(22)7-5-15/h4-7,11,13,16H,2-3,8-10,12H2,1H3,(H,23,27)/t16-/m1/s1. The SMILES string of the molecule is Cc1nc(-c2csc(S(=O)(=O)N3CCC[C@@H](C(=O)NCCc4ccc(Cl)cc4)C3)c2)no1. The number of amides is 1. The Morgan fingerprint density at radius 1 is 1.34 bits per heavy atom. The van der Waals surface area contributed by atoms with E-state index >= 15 is 0 Å². The van der Waals surface area contributed by atoms with Gasteiger partial charge in [0.15, 0.2) is 0 Å². The number of carbonyl (C=O) groups excluding carboxylic acids is 1. The second kappa shape index (κ2) is 9.70. The molecule has 11 heteroatoms. The fourth-order valence-electron chi connectivity index (χ4n) is 3.61. The summed E-state index contributed by atoms with van der Waals surface area (Å²) in [6, 6.07) is 9.04. The van der Waals surface area contributed by atoms with Crippen LogP contribution in [0.1, 0.15) is 24.3 Å². The summed E-state index contributed by atoms with van der Waals surface area (Å²) in [5, 5.41) is 9.14. The van der Waals surface area contributed by atoms with Crippen LogP contribution in [-0.4, -0.2) is 48.4 Å². The summed E-state index contributed by atoms with van der Waals surface area (Å²) in [6.07, 6.45) is 1.98. The molecule has 3 aromatic rings. The number of piperidine rings is 1. The Hall–Kier alpha value is -2.27. The average Bonchev–Trinajstić information content (AvgIpc) is 3.45. The van der Waals surface area contributed by atoms with Gasteiger partial charge in [0.2, 0.25) is 17.6 Å². The van der Waals surface area contributed by atoms with E-state index in [0.29, 0.717) is 54.7 Å². The molecule has 0 radical (unpaired) electrons. The molecular weight excluding hydrogens is 472 g/mol. The number of hydrogen-bond donors (Lipinski definition) is 1. The van der Waals surface area contributed by atoms with Gasteiger partial charge < -0.3 is 9.84 Å². The molecule has 0 aliphatic carbocycles. The van der Waals surface area contributed by atoms with E-state index in [9.17, 15) is 13.2 Å². The molecular formula is C21H23ClN4O4S2. The molecule has 1 fully saturated rings. The van der Waals surface area contributed by atoms with Crippen molar-refractivity contribution in [1.29, 1.82) is 0 Å². The van der Waals surface area contributed by atoms with Crippen molar-refractivity contribution >= 4 is 38.9 Å². The van der Waals surface area contributed by atoms with Gasteiger partial charge in [0.25, 0.3) is 10.0 Å². The van der Waals surface area contributed by atoms with E-state index in [1.807, 2.05) is 24.3 Å². The molecule has 1 atom stereocenters. The van der Waals surface area contributed by atoms with Crippen LogP contribution in [0.4, 0.5) is 0 Å². The zero-order valence-electron chi connectivity index (χ0n) is 17.5. The number of aryl methyl sites for hydroxylation is 1. The first-order valence-corrected chi connectivity index (χ1v) is 12.9. The maximum atomic E-state index is 13.2. The highest BCUT2D eigenvalue weighted by Crippen LogP contribution is 2.31. The van der Waals surface area contributed by atoms with Crippen LogP contribution in [0.3, 0.4) is 0 Å². The van der Waals surface area contributed by atoms with Crippen molar-refractivity contribution < 1.29 is 17.7 Å². The Kier molecular flexibility index (Phi) is 6.94. The van der Waals surface area contributed by atoms with E-state index in [4.69, 9.17) is 16.1 Å². The Morgan fingerprint density at radius 2 is 2.12 bits per heavy atom. The molecule has 2 aromatic heterocycles. The molecule has 1 saturated heterocycles. The number of nitrogens with zero attached hydrogens (tertiary/aromatic N) is 3. The van der Waals surface area contributed by atoms with Crippen molar-refractivity contribution in [3.05, 3.63) is 52.2 Å². The molecule has 1 N–H and O–H groups in total. The second-order valence-electron chi connectivity index (χ2n) is 7.66. The minimum absolute atomic E-state index is 0.118. The molecule has 0 spiro atoms. The first kappa shape index (κ1) is 22.9. The zero-order chi connectivity index (χ0) is 22.7. The summed E-state index contributed by atoms with van der Waals surface area (Å²) in [5.74, 6) is 0.282. The normalized spacial score (nSPS) is 17.4. The van der Waals surface area contributed by atoms with Crippen LogP contribution in [0.25, 0.3) is 11.4 Å². The van der Waals surface area contributed by atoms with Crippen LogP contribution >= 0.6 is 22.9 Å². The fraction of sp³-hybridized carbons (Fsp3) is 0.381. The summed E-state index contributed by atoms with van der Waals surface area (Å²) in [4.78, 5) is 16.8. The highest BCUT2D eigenvalue weighted by atomic mass is 35.5. The third-order valence-corrected chi connectivity index (χ3v) is 8.87. The van der Waals surface area contributed by atoms with Gasteiger partial charge in [-0.05, 0) is 43.0 Å². The number of hydrogen-bond acceptors (Lipinski definition) is 7. The molecule has 1 amide bonds. The summed E-state index contributed by atoms with van der Waals surface area (Å²) < 4.78 is 32.9. The number of halogens is 1. The summed E-state index contributed by atoms with van der Waals surface area (Å²) in [6.45, 7) is 2.73. The topological polar surface area (TPSA) is 105 Å². The smallest absolute Gasteiger partial charge is 0.252 e. The van der Waals surface area contributed by atoms with Crippen LogP contribution in [0.5, 0.6) is 0 Å². The van der Waals surface area contributed by atoms with E-state index in [2.05, 4.69) is 15.5 Å². The van der Waals surface area contributed by atoms with Gasteiger partial charge in [0.05, 0.1) is 5.92 Å². The first-order chi connectivity index (χ1) is 15.3. The average molecular weight is 495 g/mol. The third-order valence-electron chi connectivity index (χ3n) is 5.34. The van der Waals surface area contributed by atoms with Gasteiger partial charge in [0, 0.05) is 42.5 Å². The number of thiophene rings is 1. The Morgan fingerprint density at radius 3 is 2.84 bits per heavy atom. The molecule has 0 bridgehead atoms. The maximum absolute atomic E-state index is 13.2. The second-order valence-corrected chi connectivity index (χ2v) is 11.2. The molecule has 8 nitrogen and oxygen atoms in total. The predicted molar refractivity (Wildman–Crippen MR) is 122 cm³/mol. The quantitative estimate of drug-likeness (QED) is 0.538. The van der Waals surface area contributed by atoms with Gasteiger partial charge in [-0.25, -0.2) is 8.42 Å². The third kappa shape index (κ3) is 5.20. The largest absolute Gasteiger partial charge is 0.355 e. The summed E-state index contributed by atoms with van der Waals surface area (Å²) in [5.41, 5.74) is 1.67. The molecule has 1 aliphatic rings. The van der Waals surface area contributed by atoms with E-state index in [1.165, 1.54) is 4.31 Å². The van der Waals surface area contributed by atoms with Crippen molar-refractivity contribution in [1.82, 2.24) is 19.8 Å². The summed E-state index contributed by atoms with van der Waals surface area (Å²) in [7, 11) is -3.70. The van der Waals surface area contributed by atoms with Gasteiger partial charge in [-0.1, -0.05) is 28.9 Å². The molecule has 1 aromatic carbocycles. The van der Waals surface area contributed by atoms with E-state index in [1.54, 1.807) is 18.4 Å². The van der Waals surface area contributed by atoms with Gasteiger partial charge >= 0.3 is 0 Å². The number of sulfonamides is 1. The van der Waals surface area contributed by atoms with Crippen molar-refractivity contribution in [3.8, 4) is 11.4 Å². The van der Waals surface area contributed by atoms with Gasteiger partial charge in [-0.2, -0.15) is 9.29 Å². The molecule has 0 unspecified atom stereocenters. The van der Waals surface area contributed by atoms with Crippen molar-refractivity contribution in [3.63, 3.8) is 0 Å². The van der Waals surface area contributed by atoms with Crippen LogP contribution in [-0.2, 0) is 21.2 Å². The van der Waals surface area contributed by atoms with Crippen LogP contribution in [0.15, 0.2) is 44.4 Å². The Labute approximate surface area is 195 Å². The van der Waals surface area contributed by atoms with E-state index in [0.717, 1.165) is 16.9 Å². The van der Waals surface area contributed by atoms with Gasteiger partial charge in [-0.15, -0.1) is 11.3 Å². The number of carbonyl (C=O) groups is 1. The monoisotopic (exact) mass is 494 g/mol. The molecule has 4 rings (SSSR count). The fourth-order valence-corrected chi connectivity index (χ4v) is 6.57. The highest BCUT2D eigenvalue weighted by Gasteiger charge is 2.34. The van der Waals surface area contributed by atoms with Gasteiger partial charge in [-0.3, -0.25) is 4.79 Å². The zero-order valence-corrected chi connectivity index (χ0v) is 19.8. The van der Waals surface area contributed by atoms with Crippen LogP contribution < -0.4 is 5.32 Å². The minimum atomic E-state index is -3.70. The molecule has 32 heavy (non-hydrogen) atoms. The summed E-state index contributed by atoms with van der Waals surface area (Å²) >= 11 is 7.01. The van der Waals surface area contributed by atoms with Crippen molar-refractivity contribution in [2.45, 2.75) is 30.4 Å². The number of aromatic nitrogens is 2. The molecule has 0 saturated carbocycles. The van der Waals surface area contributed by atoms with Crippen molar-refractivity contribution in [2.75, 3.05) is 19.6 Å². The lowest BCUT2D eigenvalue weighted by molar-refractivity contribution is -0.126. The molecule has 3 heterocycles. The first-order valence-electron chi connectivity index (χ1n) is 10.2. The van der Waals surface area contributed by atoms with Crippen LogP contribution in [0.2, 0.25) is 5.02 Å². The molecule has 1 aliphatic heterocycles. The number of benzene rings is 1. The lowest BCUT2D eigenvalue weighted by Crippen LogP contribution is -2.45. The van der Waals surface area contributed by atoms with Gasteiger partial charge in [0.1, 0.15) is 4.21 Å². The number of nitrogens with one attached hydrogen (secondary N) is 1. The minimum Gasteiger partial charge on any atom is -0.355 e. The number of rotatable bonds is 7. The maximum Gasteiger partial charge on any atom is 0.252 e. The lowest BCUT2D eigenvalue weighted by Gasteiger charge is -2.30. The lowest BCUT2D eigenvalue weighted by atomic mass is 9.99. The highest BCUT2D eigenvalue weighted by molar-refractivity contribution is 7.91. The van der Waals surface area contributed by atoms with E-state index < -0.39 is 10.0 Å². The van der Waals surface area contributed by atoms with E-state index in [-0.39, 0.29) is 22.6 Å².